The third kappa shape index (κ3) is 3.50. The van der Waals surface area contributed by atoms with Crippen molar-refractivity contribution in [1.82, 2.24) is 10.6 Å². The number of nitrogens with one attached hydrogen (secondary N) is 2. The molecule has 0 aromatic heterocycles. The molecule has 3 aliphatic heterocycles. The number of ether oxygens (including phenoxy) is 1. The molecular formula is C20H27N3O. The third-order valence-electron chi connectivity index (χ3n) is 5.38. The molecule has 0 radical (unpaired) electrons. The molecule has 0 bridgehead atoms. The Morgan fingerprint density at radius 2 is 1.75 bits per heavy atom. The molecule has 4 heteroatoms. The number of nitrogens with zero attached hydrogens (tertiary/aromatic N) is 1. The maximum Gasteiger partial charge on any atom is 0.0642 e. The van der Waals surface area contributed by atoms with Crippen LogP contribution in [0.1, 0.15) is 18.4 Å². The van der Waals surface area contributed by atoms with Gasteiger partial charge in [0.1, 0.15) is 0 Å². The maximum atomic E-state index is 5.43. The molecule has 2 N–H and O–H groups in total. The van der Waals surface area contributed by atoms with Crippen molar-refractivity contribution >= 4 is 11.3 Å². The van der Waals surface area contributed by atoms with E-state index in [2.05, 4.69) is 58.2 Å². The molecule has 2 fully saturated rings. The van der Waals surface area contributed by atoms with E-state index in [0.29, 0.717) is 6.04 Å². The highest BCUT2D eigenvalue weighted by Gasteiger charge is 2.22. The maximum absolute atomic E-state index is 5.43. The van der Waals surface area contributed by atoms with E-state index in [4.69, 9.17) is 4.74 Å². The summed E-state index contributed by atoms with van der Waals surface area (Å²) in [5.41, 5.74) is 3.84. The van der Waals surface area contributed by atoms with Crippen molar-refractivity contribution in [3.63, 3.8) is 0 Å². The van der Waals surface area contributed by atoms with Crippen molar-refractivity contribution in [2.75, 3.05) is 44.3 Å². The highest BCUT2D eigenvalue weighted by molar-refractivity contribution is 5.75. The van der Waals surface area contributed by atoms with Crippen LogP contribution in [0.4, 0.5) is 5.69 Å². The number of morpholine rings is 1. The molecule has 2 saturated heterocycles. The molecule has 0 aliphatic carbocycles. The van der Waals surface area contributed by atoms with Crippen molar-refractivity contribution in [2.45, 2.75) is 18.9 Å². The molecule has 128 valence electrons. The number of hydrogen-bond donors (Lipinski definition) is 2. The van der Waals surface area contributed by atoms with E-state index in [9.17, 15) is 0 Å². The van der Waals surface area contributed by atoms with Crippen LogP contribution in [0, 0.1) is 5.92 Å². The molecule has 24 heavy (non-hydrogen) atoms. The Bertz CT molecular complexity index is 596. The largest absolute Gasteiger partial charge is 0.384 e. The van der Waals surface area contributed by atoms with Gasteiger partial charge in [-0.1, -0.05) is 24.3 Å². The van der Waals surface area contributed by atoms with Crippen molar-refractivity contribution < 1.29 is 4.74 Å². The van der Waals surface area contributed by atoms with Gasteiger partial charge in [-0.15, -0.1) is 0 Å². The molecular weight excluding hydrogens is 298 g/mol. The van der Waals surface area contributed by atoms with Gasteiger partial charge < -0.3 is 20.3 Å². The van der Waals surface area contributed by atoms with Crippen LogP contribution in [0.15, 0.2) is 42.6 Å². The third-order valence-corrected chi connectivity index (χ3v) is 5.38. The smallest absolute Gasteiger partial charge is 0.0642 e. The van der Waals surface area contributed by atoms with Crippen LogP contribution in [-0.4, -0.2) is 45.4 Å². The number of benzene rings is 1. The summed E-state index contributed by atoms with van der Waals surface area (Å²) in [6, 6.07) is 9.41. The predicted octanol–water partition coefficient (Wildman–Crippen LogP) is 2.39. The van der Waals surface area contributed by atoms with Crippen molar-refractivity contribution in [3.8, 4) is 0 Å². The highest BCUT2D eigenvalue weighted by atomic mass is 16.5. The minimum absolute atomic E-state index is 0.489. The van der Waals surface area contributed by atoms with E-state index in [1.54, 1.807) is 0 Å². The topological polar surface area (TPSA) is 36.5 Å². The summed E-state index contributed by atoms with van der Waals surface area (Å²) in [5.74, 6) is 0.754. The fraction of sp³-hybridized carbons (Fsp3) is 0.500. The van der Waals surface area contributed by atoms with E-state index < -0.39 is 0 Å². The average molecular weight is 325 g/mol. The molecule has 3 heterocycles. The van der Waals surface area contributed by atoms with Crippen LogP contribution in [0.25, 0.3) is 5.57 Å². The molecule has 0 amide bonds. The van der Waals surface area contributed by atoms with Crippen molar-refractivity contribution in [2.24, 2.45) is 5.92 Å². The van der Waals surface area contributed by atoms with Gasteiger partial charge in [0, 0.05) is 31.0 Å². The van der Waals surface area contributed by atoms with E-state index >= 15 is 0 Å². The monoisotopic (exact) mass is 325 g/mol. The van der Waals surface area contributed by atoms with Gasteiger partial charge in [0.25, 0.3) is 0 Å². The quantitative estimate of drug-likeness (QED) is 0.895. The van der Waals surface area contributed by atoms with Gasteiger partial charge >= 0.3 is 0 Å². The van der Waals surface area contributed by atoms with Crippen LogP contribution >= 0.6 is 0 Å². The summed E-state index contributed by atoms with van der Waals surface area (Å²) in [4.78, 5) is 2.39. The van der Waals surface area contributed by atoms with Crippen LogP contribution in [0.3, 0.4) is 0 Å². The van der Waals surface area contributed by atoms with Gasteiger partial charge in [0.15, 0.2) is 0 Å². The lowest BCUT2D eigenvalue weighted by Gasteiger charge is -2.31. The number of hydrogen-bond acceptors (Lipinski definition) is 4. The van der Waals surface area contributed by atoms with Crippen LogP contribution in [-0.2, 0) is 4.74 Å². The first-order valence-corrected chi connectivity index (χ1v) is 9.18. The van der Waals surface area contributed by atoms with Gasteiger partial charge in [-0.05, 0) is 55.1 Å². The lowest BCUT2D eigenvalue weighted by Crippen LogP contribution is -2.39. The molecule has 4 rings (SSSR count). The van der Waals surface area contributed by atoms with Crippen molar-refractivity contribution in [3.05, 3.63) is 48.2 Å². The lowest BCUT2D eigenvalue weighted by atomic mass is 9.88. The van der Waals surface area contributed by atoms with Crippen LogP contribution in [0.5, 0.6) is 0 Å². The Hall–Kier alpha value is -1.78. The Labute approximate surface area is 144 Å². The number of piperidine rings is 1. The first-order valence-electron chi connectivity index (χ1n) is 9.18. The first kappa shape index (κ1) is 15.7. The zero-order valence-corrected chi connectivity index (χ0v) is 14.2. The fourth-order valence-corrected chi connectivity index (χ4v) is 3.86. The van der Waals surface area contributed by atoms with Crippen molar-refractivity contribution in [1.29, 1.82) is 0 Å². The van der Waals surface area contributed by atoms with E-state index in [-0.39, 0.29) is 0 Å². The zero-order valence-electron chi connectivity index (χ0n) is 14.2. The van der Waals surface area contributed by atoms with Gasteiger partial charge in [-0.3, -0.25) is 0 Å². The number of dihydropyridines is 1. The molecule has 3 aliphatic rings. The SMILES string of the molecule is C1=CC(C2CCNCC2)NC=C1c1ccc(N2CCOCC2)cc1. The lowest BCUT2D eigenvalue weighted by molar-refractivity contribution is 0.122. The van der Waals surface area contributed by atoms with E-state index in [1.807, 2.05) is 0 Å². The summed E-state index contributed by atoms with van der Waals surface area (Å²) in [6.07, 6.45) is 9.35. The average Bonchev–Trinajstić information content (AvgIpc) is 2.70. The summed E-state index contributed by atoms with van der Waals surface area (Å²) < 4.78 is 5.43. The highest BCUT2D eigenvalue weighted by Crippen LogP contribution is 2.25. The minimum atomic E-state index is 0.489. The Kier molecular flexibility index (Phi) is 4.86. The normalized spacial score (nSPS) is 25.2. The minimum Gasteiger partial charge on any atom is -0.384 e. The molecule has 1 unspecified atom stereocenters. The second-order valence-electron chi connectivity index (χ2n) is 6.88. The van der Waals surface area contributed by atoms with Gasteiger partial charge in [-0.25, -0.2) is 0 Å². The Morgan fingerprint density at radius 3 is 2.42 bits per heavy atom. The molecule has 1 atom stereocenters. The summed E-state index contributed by atoms with van der Waals surface area (Å²) in [5, 5.41) is 7.05. The Morgan fingerprint density at radius 1 is 1.00 bits per heavy atom. The number of rotatable bonds is 3. The molecule has 0 saturated carbocycles. The summed E-state index contributed by atoms with van der Waals surface area (Å²) in [6.45, 7) is 5.94. The molecule has 0 spiro atoms. The molecule has 1 aromatic rings. The fourth-order valence-electron chi connectivity index (χ4n) is 3.86. The van der Waals surface area contributed by atoms with Crippen LogP contribution < -0.4 is 15.5 Å². The summed E-state index contributed by atoms with van der Waals surface area (Å²) in [7, 11) is 0. The van der Waals surface area contributed by atoms with Gasteiger partial charge in [0.05, 0.1) is 13.2 Å². The van der Waals surface area contributed by atoms with E-state index in [0.717, 1.165) is 45.3 Å². The second-order valence-corrected chi connectivity index (χ2v) is 6.88. The number of anilines is 1. The molecule has 1 aromatic carbocycles. The predicted molar refractivity (Wildman–Crippen MR) is 99.1 cm³/mol. The summed E-state index contributed by atoms with van der Waals surface area (Å²) >= 11 is 0. The van der Waals surface area contributed by atoms with Crippen LogP contribution in [0.2, 0.25) is 0 Å². The second kappa shape index (κ2) is 7.41. The molecule has 4 nitrogen and oxygen atoms in total. The zero-order chi connectivity index (χ0) is 16.2. The van der Waals surface area contributed by atoms with Gasteiger partial charge in [-0.2, -0.15) is 0 Å². The van der Waals surface area contributed by atoms with E-state index in [1.165, 1.54) is 29.7 Å². The first-order chi connectivity index (χ1) is 11.9. The van der Waals surface area contributed by atoms with Gasteiger partial charge in [0.2, 0.25) is 0 Å². The Balaban J connectivity index is 1.39. The number of allylic oxidation sites excluding steroid dienone is 2. The standard InChI is InChI=1S/C20H27N3O/c1-4-19(23-11-13-24-14-12-23)5-2-16(1)18-3-6-20(22-15-18)17-7-9-21-10-8-17/h1-6,15,17,20-22H,7-14H2.